The SMILES string of the molecule is CC(C)c1cnc2ncc(C(N)CO)n2c1. The molecule has 2 aromatic heterocycles. The fourth-order valence-electron chi connectivity index (χ4n) is 1.57. The monoisotopic (exact) mass is 220 g/mol. The standard InChI is InChI=1S/C11H16N4O/c1-7(2)8-3-13-11-14-4-10(9(12)6-16)15(11)5-8/h3-5,7,9,16H,6,12H2,1-2H3. The van der Waals surface area contributed by atoms with E-state index in [0.717, 1.165) is 11.3 Å². The van der Waals surface area contributed by atoms with E-state index in [-0.39, 0.29) is 6.61 Å². The maximum absolute atomic E-state index is 9.06. The molecule has 1 atom stereocenters. The first-order chi connectivity index (χ1) is 7.63. The Morgan fingerprint density at radius 1 is 1.38 bits per heavy atom. The molecule has 2 rings (SSSR count). The van der Waals surface area contributed by atoms with Crippen LogP contribution in [0.15, 0.2) is 18.6 Å². The second kappa shape index (κ2) is 4.19. The van der Waals surface area contributed by atoms with E-state index < -0.39 is 6.04 Å². The summed E-state index contributed by atoms with van der Waals surface area (Å²) in [7, 11) is 0. The summed E-state index contributed by atoms with van der Waals surface area (Å²) < 4.78 is 1.84. The summed E-state index contributed by atoms with van der Waals surface area (Å²) in [4.78, 5) is 8.40. The van der Waals surface area contributed by atoms with Crippen molar-refractivity contribution in [1.29, 1.82) is 0 Å². The van der Waals surface area contributed by atoms with Gasteiger partial charge in [0.25, 0.3) is 0 Å². The minimum atomic E-state index is -0.417. The highest BCUT2D eigenvalue weighted by molar-refractivity contribution is 5.34. The molecule has 0 amide bonds. The van der Waals surface area contributed by atoms with Crippen molar-refractivity contribution in [2.75, 3.05) is 6.61 Å². The molecule has 5 nitrogen and oxygen atoms in total. The van der Waals surface area contributed by atoms with Gasteiger partial charge in [-0.2, -0.15) is 0 Å². The number of aromatic nitrogens is 3. The fourth-order valence-corrected chi connectivity index (χ4v) is 1.57. The molecule has 0 spiro atoms. The minimum Gasteiger partial charge on any atom is -0.394 e. The van der Waals surface area contributed by atoms with Gasteiger partial charge in [0.05, 0.1) is 24.5 Å². The summed E-state index contributed by atoms with van der Waals surface area (Å²) >= 11 is 0. The summed E-state index contributed by atoms with van der Waals surface area (Å²) in [6.45, 7) is 4.11. The van der Waals surface area contributed by atoms with Gasteiger partial charge in [0.15, 0.2) is 0 Å². The molecule has 0 saturated carbocycles. The molecule has 3 N–H and O–H groups in total. The summed E-state index contributed by atoms with van der Waals surface area (Å²) in [6, 6.07) is -0.417. The highest BCUT2D eigenvalue weighted by atomic mass is 16.3. The van der Waals surface area contributed by atoms with Crippen LogP contribution in [0.5, 0.6) is 0 Å². The quantitative estimate of drug-likeness (QED) is 0.803. The van der Waals surface area contributed by atoms with Gasteiger partial charge in [-0.25, -0.2) is 9.97 Å². The van der Waals surface area contributed by atoms with Crippen LogP contribution in [0.3, 0.4) is 0 Å². The van der Waals surface area contributed by atoms with Crippen molar-refractivity contribution in [3.63, 3.8) is 0 Å². The second-order valence-corrected chi connectivity index (χ2v) is 4.18. The van der Waals surface area contributed by atoms with Gasteiger partial charge in [-0.05, 0) is 11.5 Å². The van der Waals surface area contributed by atoms with Crippen molar-refractivity contribution in [2.45, 2.75) is 25.8 Å². The number of nitrogens with two attached hydrogens (primary N) is 1. The molecule has 2 heterocycles. The Morgan fingerprint density at radius 2 is 2.06 bits per heavy atom. The smallest absolute Gasteiger partial charge is 0.233 e. The lowest BCUT2D eigenvalue weighted by Gasteiger charge is -2.09. The lowest BCUT2D eigenvalue weighted by atomic mass is 10.1. The molecule has 0 radical (unpaired) electrons. The average Bonchev–Trinajstić information content (AvgIpc) is 2.70. The van der Waals surface area contributed by atoms with Gasteiger partial charge in [-0.3, -0.25) is 4.40 Å². The molecular weight excluding hydrogens is 204 g/mol. The topological polar surface area (TPSA) is 76.4 Å². The molecule has 1 unspecified atom stereocenters. The van der Waals surface area contributed by atoms with Crippen LogP contribution in [0.4, 0.5) is 0 Å². The van der Waals surface area contributed by atoms with E-state index in [1.54, 1.807) is 6.20 Å². The Labute approximate surface area is 93.9 Å². The number of fused-ring (bicyclic) bond motifs is 1. The first kappa shape index (κ1) is 11.0. The van der Waals surface area contributed by atoms with E-state index in [4.69, 9.17) is 10.8 Å². The zero-order chi connectivity index (χ0) is 11.7. The van der Waals surface area contributed by atoms with Crippen molar-refractivity contribution >= 4 is 5.78 Å². The Bertz CT molecular complexity index is 492. The summed E-state index contributed by atoms with van der Waals surface area (Å²) in [5.74, 6) is 1.01. The van der Waals surface area contributed by atoms with Crippen molar-refractivity contribution in [2.24, 2.45) is 5.73 Å². The molecule has 0 aliphatic heterocycles. The summed E-state index contributed by atoms with van der Waals surface area (Å²) in [6.07, 6.45) is 5.46. The van der Waals surface area contributed by atoms with Crippen LogP contribution in [0.25, 0.3) is 5.78 Å². The normalized spacial score (nSPS) is 13.6. The minimum absolute atomic E-state index is 0.0975. The molecular formula is C11H16N4O. The van der Waals surface area contributed by atoms with Gasteiger partial charge in [-0.15, -0.1) is 0 Å². The Morgan fingerprint density at radius 3 is 2.69 bits per heavy atom. The third-order valence-corrected chi connectivity index (χ3v) is 2.66. The Balaban J connectivity index is 2.55. The van der Waals surface area contributed by atoms with Crippen LogP contribution < -0.4 is 5.73 Å². The zero-order valence-electron chi connectivity index (χ0n) is 9.46. The fraction of sp³-hybridized carbons (Fsp3) is 0.455. The van der Waals surface area contributed by atoms with Gasteiger partial charge >= 0.3 is 0 Å². The van der Waals surface area contributed by atoms with Gasteiger partial charge in [0.2, 0.25) is 5.78 Å². The third kappa shape index (κ3) is 1.79. The maximum atomic E-state index is 9.06. The molecule has 0 aromatic carbocycles. The van der Waals surface area contributed by atoms with Gasteiger partial charge in [0.1, 0.15) is 0 Å². The first-order valence-electron chi connectivity index (χ1n) is 5.32. The lowest BCUT2D eigenvalue weighted by molar-refractivity contribution is 0.265. The van der Waals surface area contributed by atoms with E-state index in [2.05, 4.69) is 23.8 Å². The largest absolute Gasteiger partial charge is 0.394 e. The number of rotatable bonds is 3. The van der Waals surface area contributed by atoms with Crippen molar-refractivity contribution in [1.82, 2.24) is 14.4 Å². The van der Waals surface area contributed by atoms with Crippen molar-refractivity contribution in [3.8, 4) is 0 Å². The maximum Gasteiger partial charge on any atom is 0.233 e. The number of nitrogens with zero attached hydrogens (tertiary/aromatic N) is 3. The summed E-state index contributed by atoms with van der Waals surface area (Å²) in [5, 5.41) is 9.06. The summed E-state index contributed by atoms with van der Waals surface area (Å²) in [5.41, 5.74) is 7.70. The van der Waals surface area contributed by atoms with Crippen LogP contribution in [-0.2, 0) is 0 Å². The number of aliphatic hydroxyl groups is 1. The number of hydrogen-bond donors (Lipinski definition) is 2. The average molecular weight is 220 g/mol. The molecule has 0 bridgehead atoms. The molecule has 2 aromatic rings. The van der Waals surface area contributed by atoms with E-state index in [9.17, 15) is 0 Å². The second-order valence-electron chi connectivity index (χ2n) is 4.18. The number of hydrogen-bond acceptors (Lipinski definition) is 4. The van der Waals surface area contributed by atoms with Crippen LogP contribution >= 0.6 is 0 Å². The molecule has 5 heteroatoms. The molecule has 16 heavy (non-hydrogen) atoms. The molecule has 0 aliphatic carbocycles. The molecule has 0 fully saturated rings. The van der Waals surface area contributed by atoms with Gasteiger partial charge in [0, 0.05) is 12.4 Å². The van der Waals surface area contributed by atoms with Gasteiger partial charge < -0.3 is 10.8 Å². The molecule has 86 valence electrons. The predicted octanol–water partition coefficient (Wildman–Crippen LogP) is 0.845. The Kier molecular flexibility index (Phi) is 2.89. The predicted molar refractivity (Wildman–Crippen MR) is 61.1 cm³/mol. The number of aliphatic hydroxyl groups excluding tert-OH is 1. The van der Waals surface area contributed by atoms with Crippen molar-refractivity contribution in [3.05, 3.63) is 29.8 Å². The molecule has 0 saturated heterocycles. The number of imidazole rings is 1. The first-order valence-corrected chi connectivity index (χ1v) is 5.32. The highest BCUT2D eigenvalue weighted by Crippen LogP contribution is 2.16. The van der Waals surface area contributed by atoms with Crippen LogP contribution in [0, 0.1) is 0 Å². The van der Waals surface area contributed by atoms with Crippen LogP contribution in [0.2, 0.25) is 0 Å². The van der Waals surface area contributed by atoms with Crippen LogP contribution in [-0.4, -0.2) is 26.1 Å². The molecule has 0 aliphatic rings. The lowest BCUT2D eigenvalue weighted by Crippen LogP contribution is -2.16. The van der Waals surface area contributed by atoms with E-state index in [0.29, 0.717) is 11.7 Å². The van der Waals surface area contributed by atoms with E-state index >= 15 is 0 Å². The van der Waals surface area contributed by atoms with E-state index in [1.807, 2.05) is 16.8 Å². The Hall–Kier alpha value is -1.46. The zero-order valence-corrected chi connectivity index (χ0v) is 9.46. The van der Waals surface area contributed by atoms with Crippen molar-refractivity contribution < 1.29 is 5.11 Å². The van der Waals surface area contributed by atoms with Gasteiger partial charge in [-0.1, -0.05) is 13.8 Å². The highest BCUT2D eigenvalue weighted by Gasteiger charge is 2.12. The van der Waals surface area contributed by atoms with Crippen LogP contribution in [0.1, 0.15) is 37.1 Å². The van der Waals surface area contributed by atoms with E-state index in [1.165, 1.54) is 0 Å². The third-order valence-electron chi connectivity index (χ3n) is 2.66.